The molecule has 0 radical (unpaired) electrons. The quantitative estimate of drug-likeness (QED) is 0.839. The van der Waals surface area contributed by atoms with E-state index in [1.54, 1.807) is 0 Å². The summed E-state index contributed by atoms with van der Waals surface area (Å²) in [6.45, 7) is 4.06. The molecule has 2 aromatic heterocycles. The molecule has 0 unspecified atom stereocenters. The highest BCUT2D eigenvalue weighted by Crippen LogP contribution is 2.41. The Kier molecular flexibility index (Phi) is 2.72. The zero-order chi connectivity index (χ0) is 13.5. The molecule has 20 heavy (non-hydrogen) atoms. The zero-order valence-corrected chi connectivity index (χ0v) is 11.6. The normalized spacial score (nSPS) is 25.1. The molecule has 0 amide bonds. The van der Waals surface area contributed by atoms with E-state index < -0.39 is 0 Å². The molecule has 1 saturated carbocycles. The molecule has 2 aliphatic rings. The second-order valence-corrected chi connectivity index (χ2v) is 5.88. The fourth-order valence-corrected chi connectivity index (χ4v) is 3.63. The van der Waals surface area contributed by atoms with Crippen molar-refractivity contribution < 1.29 is 4.52 Å². The summed E-state index contributed by atoms with van der Waals surface area (Å²) >= 11 is 0. The van der Waals surface area contributed by atoms with Crippen molar-refractivity contribution in [1.82, 2.24) is 15.1 Å². The van der Waals surface area contributed by atoms with E-state index in [2.05, 4.69) is 20.0 Å². The summed E-state index contributed by atoms with van der Waals surface area (Å²) in [7, 11) is 0. The molecule has 0 spiro atoms. The molecule has 5 heteroatoms. The van der Waals surface area contributed by atoms with Crippen LogP contribution in [-0.2, 0) is 0 Å². The molecule has 2 aromatic rings. The van der Waals surface area contributed by atoms with Crippen LogP contribution in [-0.4, -0.2) is 28.2 Å². The molecule has 0 bridgehead atoms. The Bertz CT molecular complexity index is 612. The Morgan fingerprint density at radius 3 is 2.75 bits per heavy atom. The van der Waals surface area contributed by atoms with Crippen molar-refractivity contribution in [3.8, 4) is 11.5 Å². The van der Waals surface area contributed by atoms with Gasteiger partial charge in [-0.05, 0) is 43.7 Å². The summed E-state index contributed by atoms with van der Waals surface area (Å²) in [6.07, 6.45) is 5.96. The van der Waals surface area contributed by atoms with Crippen LogP contribution in [0.25, 0.3) is 11.5 Å². The maximum atomic E-state index is 5.32. The number of pyridine rings is 1. The predicted octanol–water partition coefficient (Wildman–Crippen LogP) is 2.68. The summed E-state index contributed by atoms with van der Waals surface area (Å²) in [5.74, 6) is 3.91. The van der Waals surface area contributed by atoms with Crippen LogP contribution in [0.2, 0.25) is 0 Å². The fraction of sp³-hybridized carbons (Fsp3) is 0.533. The van der Waals surface area contributed by atoms with Gasteiger partial charge in [0.2, 0.25) is 0 Å². The van der Waals surface area contributed by atoms with Crippen molar-refractivity contribution in [1.29, 1.82) is 0 Å². The lowest BCUT2D eigenvalue weighted by Crippen LogP contribution is -2.22. The Hall–Kier alpha value is -1.91. The first kappa shape index (κ1) is 11.9. The number of aromatic nitrogens is 3. The molecule has 5 nitrogen and oxygen atoms in total. The molecule has 2 fully saturated rings. The minimum absolute atomic E-state index is 0.572. The SMILES string of the molecule is Cc1noc(-c2cccnc2N2C[C@@H]3CCC[C@H]3C2)n1. The number of fused-ring (bicyclic) bond motifs is 1. The van der Waals surface area contributed by atoms with Gasteiger partial charge < -0.3 is 9.42 Å². The van der Waals surface area contributed by atoms with Crippen LogP contribution in [0.5, 0.6) is 0 Å². The lowest BCUT2D eigenvalue weighted by atomic mass is 10.0. The predicted molar refractivity (Wildman–Crippen MR) is 75.3 cm³/mol. The van der Waals surface area contributed by atoms with Gasteiger partial charge in [0.25, 0.3) is 5.89 Å². The second-order valence-electron chi connectivity index (χ2n) is 5.88. The molecule has 1 saturated heterocycles. The summed E-state index contributed by atoms with van der Waals surface area (Å²) in [5.41, 5.74) is 0.952. The molecule has 2 atom stereocenters. The Morgan fingerprint density at radius 2 is 2.05 bits per heavy atom. The van der Waals surface area contributed by atoms with E-state index in [1.807, 2.05) is 25.3 Å². The highest BCUT2D eigenvalue weighted by atomic mass is 16.5. The minimum Gasteiger partial charge on any atom is -0.355 e. The molecule has 3 heterocycles. The monoisotopic (exact) mass is 270 g/mol. The Morgan fingerprint density at radius 1 is 1.25 bits per heavy atom. The van der Waals surface area contributed by atoms with Crippen LogP contribution in [0.1, 0.15) is 25.1 Å². The first-order chi connectivity index (χ1) is 9.81. The van der Waals surface area contributed by atoms with Crippen molar-refractivity contribution >= 4 is 5.82 Å². The van der Waals surface area contributed by atoms with Crippen molar-refractivity contribution in [2.24, 2.45) is 11.8 Å². The number of anilines is 1. The van der Waals surface area contributed by atoms with E-state index in [0.29, 0.717) is 11.7 Å². The van der Waals surface area contributed by atoms with Gasteiger partial charge >= 0.3 is 0 Å². The summed E-state index contributed by atoms with van der Waals surface area (Å²) < 4.78 is 5.32. The van der Waals surface area contributed by atoms with E-state index in [9.17, 15) is 0 Å². The van der Waals surface area contributed by atoms with Crippen LogP contribution in [0.4, 0.5) is 5.82 Å². The largest absolute Gasteiger partial charge is 0.355 e. The van der Waals surface area contributed by atoms with Crippen molar-refractivity contribution in [2.75, 3.05) is 18.0 Å². The van der Waals surface area contributed by atoms with Gasteiger partial charge in [0.1, 0.15) is 5.82 Å². The third-order valence-corrected chi connectivity index (χ3v) is 4.57. The lowest BCUT2D eigenvalue weighted by Gasteiger charge is -2.20. The second kappa shape index (κ2) is 4.58. The van der Waals surface area contributed by atoms with Crippen LogP contribution >= 0.6 is 0 Å². The fourth-order valence-electron chi connectivity index (χ4n) is 3.63. The number of rotatable bonds is 2. The van der Waals surface area contributed by atoms with Gasteiger partial charge in [-0.25, -0.2) is 4.98 Å². The Balaban J connectivity index is 1.69. The first-order valence-electron chi connectivity index (χ1n) is 7.32. The summed E-state index contributed by atoms with van der Waals surface area (Å²) in [5, 5.41) is 3.89. The third kappa shape index (κ3) is 1.88. The average Bonchev–Trinajstić information content (AvgIpc) is 3.13. The molecule has 1 aliphatic heterocycles. The molecule has 104 valence electrons. The van der Waals surface area contributed by atoms with Gasteiger partial charge in [0.15, 0.2) is 5.82 Å². The molecular formula is C15H18N4O. The minimum atomic E-state index is 0.572. The maximum absolute atomic E-state index is 5.32. The number of nitrogens with zero attached hydrogens (tertiary/aromatic N) is 4. The highest BCUT2D eigenvalue weighted by Gasteiger charge is 2.37. The average molecular weight is 270 g/mol. The van der Waals surface area contributed by atoms with Crippen LogP contribution in [0.15, 0.2) is 22.9 Å². The Labute approximate surface area is 118 Å². The summed E-state index contributed by atoms with van der Waals surface area (Å²) in [6, 6.07) is 3.94. The van der Waals surface area contributed by atoms with E-state index >= 15 is 0 Å². The van der Waals surface area contributed by atoms with Gasteiger partial charge in [-0.1, -0.05) is 11.6 Å². The molecule has 0 aromatic carbocycles. The van der Waals surface area contributed by atoms with Crippen LogP contribution in [0.3, 0.4) is 0 Å². The van der Waals surface area contributed by atoms with Gasteiger partial charge in [-0.2, -0.15) is 4.98 Å². The number of aryl methyl sites for hydroxylation is 1. The smallest absolute Gasteiger partial charge is 0.261 e. The highest BCUT2D eigenvalue weighted by molar-refractivity contribution is 5.70. The summed E-state index contributed by atoms with van der Waals surface area (Å²) in [4.78, 5) is 11.3. The molecular weight excluding hydrogens is 252 g/mol. The number of hydrogen-bond donors (Lipinski definition) is 0. The van der Waals surface area contributed by atoms with Crippen LogP contribution < -0.4 is 4.90 Å². The van der Waals surface area contributed by atoms with Crippen molar-refractivity contribution in [3.63, 3.8) is 0 Å². The van der Waals surface area contributed by atoms with E-state index in [0.717, 1.165) is 36.3 Å². The van der Waals surface area contributed by atoms with Crippen molar-refractivity contribution in [2.45, 2.75) is 26.2 Å². The maximum Gasteiger partial charge on any atom is 0.261 e. The van der Waals surface area contributed by atoms with Gasteiger partial charge in [-0.15, -0.1) is 0 Å². The van der Waals surface area contributed by atoms with Crippen LogP contribution in [0, 0.1) is 18.8 Å². The molecule has 1 aliphatic carbocycles. The molecule has 4 rings (SSSR count). The van der Waals surface area contributed by atoms with E-state index in [1.165, 1.54) is 19.3 Å². The van der Waals surface area contributed by atoms with E-state index in [-0.39, 0.29) is 0 Å². The van der Waals surface area contributed by atoms with Gasteiger partial charge in [-0.3, -0.25) is 0 Å². The van der Waals surface area contributed by atoms with Gasteiger partial charge in [0.05, 0.1) is 5.56 Å². The lowest BCUT2D eigenvalue weighted by molar-refractivity contribution is 0.425. The first-order valence-corrected chi connectivity index (χ1v) is 7.32. The number of hydrogen-bond acceptors (Lipinski definition) is 5. The third-order valence-electron chi connectivity index (χ3n) is 4.57. The van der Waals surface area contributed by atoms with E-state index in [4.69, 9.17) is 4.52 Å². The van der Waals surface area contributed by atoms with Gasteiger partial charge in [0, 0.05) is 19.3 Å². The van der Waals surface area contributed by atoms with Crippen molar-refractivity contribution in [3.05, 3.63) is 24.2 Å². The topological polar surface area (TPSA) is 55.1 Å². The molecule has 0 N–H and O–H groups in total. The zero-order valence-electron chi connectivity index (χ0n) is 11.6. The standard InChI is InChI=1S/C15H18N4O/c1-10-17-15(20-18-10)13-6-3-7-16-14(13)19-8-11-4-2-5-12(11)9-19/h3,6-7,11-12H,2,4-5,8-9H2,1H3/t11-,12-/m0/s1.